The molecule has 90 valence electrons. The molecule has 1 unspecified atom stereocenters. The van der Waals surface area contributed by atoms with Crippen molar-refractivity contribution in [2.75, 3.05) is 13.1 Å². The summed E-state index contributed by atoms with van der Waals surface area (Å²) in [5, 5.41) is 3.38. The lowest BCUT2D eigenvalue weighted by Crippen LogP contribution is -2.19. The van der Waals surface area contributed by atoms with Crippen LogP contribution < -0.4 is 11.0 Å². The number of nitrogens with zero attached hydrogens (tertiary/aromatic N) is 2. The summed E-state index contributed by atoms with van der Waals surface area (Å²) in [5.74, 6) is 0.592. The van der Waals surface area contributed by atoms with Crippen molar-refractivity contribution in [2.45, 2.75) is 12.3 Å². The van der Waals surface area contributed by atoms with Crippen LogP contribution in [0.15, 0.2) is 23.0 Å². The number of nitrogens with one attached hydrogen (secondary N) is 1. The molecule has 1 aliphatic heterocycles. The van der Waals surface area contributed by atoms with E-state index in [4.69, 9.17) is 0 Å². The van der Waals surface area contributed by atoms with E-state index in [0.29, 0.717) is 5.92 Å². The van der Waals surface area contributed by atoms with Crippen molar-refractivity contribution in [1.29, 1.82) is 0 Å². The van der Waals surface area contributed by atoms with Gasteiger partial charge in [0, 0.05) is 20.6 Å². The molecule has 1 saturated heterocycles. The van der Waals surface area contributed by atoms with Gasteiger partial charge in [0.1, 0.15) is 0 Å². The molecular weight excluding hydrogens is 214 g/mol. The number of aryl methyl sites for hydroxylation is 2. The fraction of sp³-hybridized carbons (Fsp3) is 0.462. The Kier molecular flexibility index (Phi) is 2.33. The lowest BCUT2D eigenvalue weighted by atomic mass is 9.98. The van der Waals surface area contributed by atoms with Crippen LogP contribution in [0.25, 0.3) is 11.0 Å². The first kappa shape index (κ1) is 10.6. The van der Waals surface area contributed by atoms with Crippen molar-refractivity contribution < 1.29 is 0 Å². The minimum absolute atomic E-state index is 0.0432. The topological polar surface area (TPSA) is 39.0 Å². The second-order valence-electron chi connectivity index (χ2n) is 4.84. The van der Waals surface area contributed by atoms with Crippen molar-refractivity contribution in [1.82, 2.24) is 14.5 Å². The molecule has 1 aromatic heterocycles. The molecule has 1 aliphatic rings. The van der Waals surface area contributed by atoms with Crippen LogP contribution in [0.5, 0.6) is 0 Å². The highest BCUT2D eigenvalue weighted by molar-refractivity contribution is 5.77. The number of hydrogen-bond acceptors (Lipinski definition) is 2. The van der Waals surface area contributed by atoms with Gasteiger partial charge in [-0.25, -0.2) is 4.79 Å². The Hall–Kier alpha value is -1.55. The molecule has 0 radical (unpaired) electrons. The van der Waals surface area contributed by atoms with Gasteiger partial charge >= 0.3 is 5.69 Å². The van der Waals surface area contributed by atoms with Gasteiger partial charge in [0.15, 0.2) is 0 Å². The number of hydrogen-bond donors (Lipinski definition) is 1. The highest BCUT2D eigenvalue weighted by atomic mass is 16.1. The van der Waals surface area contributed by atoms with Crippen LogP contribution in [0, 0.1) is 0 Å². The summed E-state index contributed by atoms with van der Waals surface area (Å²) in [6.07, 6.45) is 1.19. The van der Waals surface area contributed by atoms with Gasteiger partial charge < -0.3 is 5.32 Å². The fourth-order valence-corrected chi connectivity index (χ4v) is 2.72. The van der Waals surface area contributed by atoms with Gasteiger partial charge in [0.2, 0.25) is 0 Å². The lowest BCUT2D eigenvalue weighted by molar-refractivity contribution is 0.763. The summed E-state index contributed by atoms with van der Waals surface area (Å²) in [7, 11) is 3.66. The highest BCUT2D eigenvalue weighted by Crippen LogP contribution is 2.25. The van der Waals surface area contributed by atoms with E-state index in [9.17, 15) is 4.79 Å². The Morgan fingerprint density at radius 1 is 1.24 bits per heavy atom. The zero-order valence-electron chi connectivity index (χ0n) is 10.2. The van der Waals surface area contributed by atoms with E-state index >= 15 is 0 Å². The van der Waals surface area contributed by atoms with Crippen molar-refractivity contribution in [3.05, 3.63) is 34.2 Å². The molecule has 4 heteroatoms. The quantitative estimate of drug-likeness (QED) is 0.793. The fourth-order valence-electron chi connectivity index (χ4n) is 2.72. The van der Waals surface area contributed by atoms with Crippen molar-refractivity contribution in [2.24, 2.45) is 14.1 Å². The number of imidazole rings is 1. The van der Waals surface area contributed by atoms with Crippen LogP contribution in [-0.2, 0) is 14.1 Å². The first-order chi connectivity index (χ1) is 8.18. The van der Waals surface area contributed by atoms with Gasteiger partial charge in [0.05, 0.1) is 11.0 Å². The summed E-state index contributed by atoms with van der Waals surface area (Å²) >= 11 is 0. The van der Waals surface area contributed by atoms with Gasteiger partial charge in [-0.3, -0.25) is 9.13 Å². The minimum atomic E-state index is 0.0432. The molecule has 0 spiro atoms. The molecule has 2 heterocycles. The Labute approximate surface area is 99.9 Å². The molecule has 17 heavy (non-hydrogen) atoms. The maximum Gasteiger partial charge on any atom is 0.328 e. The second-order valence-corrected chi connectivity index (χ2v) is 4.84. The summed E-state index contributed by atoms with van der Waals surface area (Å²) in [5.41, 5.74) is 3.42. The van der Waals surface area contributed by atoms with E-state index in [1.807, 2.05) is 14.1 Å². The largest absolute Gasteiger partial charge is 0.328 e. The van der Waals surface area contributed by atoms with E-state index < -0.39 is 0 Å². The average molecular weight is 231 g/mol. The third kappa shape index (κ3) is 1.52. The van der Waals surface area contributed by atoms with E-state index in [1.54, 1.807) is 9.13 Å². The van der Waals surface area contributed by atoms with Crippen molar-refractivity contribution in [3.8, 4) is 0 Å². The van der Waals surface area contributed by atoms with Gasteiger partial charge in [-0.2, -0.15) is 0 Å². The van der Waals surface area contributed by atoms with E-state index in [2.05, 4.69) is 23.5 Å². The molecule has 1 aromatic carbocycles. The predicted octanol–water partition coefficient (Wildman–Crippen LogP) is 0.954. The zero-order chi connectivity index (χ0) is 12.0. The Morgan fingerprint density at radius 3 is 2.71 bits per heavy atom. The predicted molar refractivity (Wildman–Crippen MR) is 68.4 cm³/mol. The second kappa shape index (κ2) is 3.74. The maximum atomic E-state index is 11.8. The number of rotatable bonds is 1. The van der Waals surface area contributed by atoms with Gasteiger partial charge in [-0.15, -0.1) is 0 Å². The molecule has 1 N–H and O–H groups in total. The molecule has 0 saturated carbocycles. The summed E-state index contributed by atoms with van der Waals surface area (Å²) in [6, 6.07) is 6.37. The third-order valence-corrected chi connectivity index (χ3v) is 3.83. The van der Waals surface area contributed by atoms with Crippen LogP contribution in [0.1, 0.15) is 17.9 Å². The first-order valence-corrected chi connectivity index (χ1v) is 6.04. The number of benzene rings is 1. The highest BCUT2D eigenvalue weighted by Gasteiger charge is 2.18. The Morgan fingerprint density at radius 2 is 2.00 bits per heavy atom. The SMILES string of the molecule is Cn1c(=O)n(C)c2cc(C3CCNC3)ccc21. The molecule has 4 nitrogen and oxygen atoms in total. The average Bonchev–Trinajstić information content (AvgIpc) is 2.94. The van der Waals surface area contributed by atoms with Crippen LogP contribution in [0.3, 0.4) is 0 Å². The number of fused-ring (bicyclic) bond motifs is 1. The molecule has 1 fully saturated rings. The van der Waals surface area contributed by atoms with Crippen molar-refractivity contribution >= 4 is 11.0 Å². The first-order valence-electron chi connectivity index (χ1n) is 6.04. The Bertz CT molecular complexity index is 617. The molecule has 0 bridgehead atoms. The van der Waals surface area contributed by atoms with Crippen LogP contribution in [-0.4, -0.2) is 22.2 Å². The smallest absolute Gasteiger partial charge is 0.316 e. The molecule has 1 atom stereocenters. The van der Waals surface area contributed by atoms with Crippen LogP contribution in [0.4, 0.5) is 0 Å². The van der Waals surface area contributed by atoms with Gasteiger partial charge in [-0.1, -0.05) is 6.07 Å². The van der Waals surface area contributed by atoms with E-state index in [-0.39, 0.29) is 5.69 Å². The molecular formula is C13H17N3O. The third-order valence-electron chi connectivity index (χ3n) is 3.83. The summed E-state index contributed by atoms with van der Waals surface area (Å²) in [6.45, 7) is 2.14. The van der Waals surface area contributed by atoms with Gasteiger partial charge in [-0.05, 0) is 36.6 Å². The van der Waals surface area contributed by atoms with E-state index in [0.717, 1.165) is 24.1 Å². The van der Waals surface area contributed by atoms with Crippen LogP contribution in [0.2, 0.25) is 0 Å². The monoisotopic (exact) mass is 231 g/mol. The maximum absolute atomic E-state index is 11.8. The van der Waals surface area contributed by atoms with Gasteiger partial charge in [0.25, 0.3) is 0 Å². The number of aromatic nitrogens is 2. The Balaban J connectivity index is 2.18. The standard InChI is InChI=1S/C13H17N3O/c1-15-11-4-3-9(10-5-6-14-8-10)7-12(11)16(2)13(15)17/h3-4,7,10,14H,5-6,8H2,1-2H3. The molecule has 0 aliphatic carbocycles. The normalized spacial score (nSPS) is 20.2. The lowest BCUT2D eigenvalue weighted by Gasteiger charge is -2.09. The van der Waals surface area contributed by atoms with Crippen LogP contribution >= 0.6 is 0 Å². The summed E-state index contributed by atoms with van der Waals surface area (Å²) in [4.78, 5) is 11.8. The molecule has 3 rings (SSSR count). The van der Waals surface area contributed by atoms with Crippen molar-refractivity contribution in [3.63, 3.8) is 0 Å². The molecule has 0 amide bonds. The van der Waals surface area contributed by atoms with E-state index in [1.165, 1.54) is 12.0 Å². The molecule has 2 aromatic rings. The zero-order valence-corrected chi connectivity index (χ0v) is 10.2. The minimum Gasteiger partial charge on any atom is -0.316 e. The summed E-state index contributed by atoms with van der Waals surface area (Å²) < 4.78 is 3.42.